The van der Waals surface area contributed by atoms with Gasteiger partial charge in [-0.3, -0.25) is 5.10 Å². The van der Waals surface area contributed by atoms with Gasteiger partial charge < -0.3 is 0 Å². The third kappa shape index (κ3) is 2.34. The van der Waals surface area contributed by atoms with Gasteiger partial charge in [-0.05, 0) is 30.5 Å². The van der Waals surface area contributed by atoms with Gasteiger partial charge in [0.2, 0.25) is 10.0 Å². The Morgan fingerprint density at radius 3 is 2.95 bits per heavy atom. The number of benzene rings is 1. The smallest absolute Gasteiger partial charge is 0.246 e. The van der Waals surface area contributed by atoms with E-state index in [9.17, 15) is 8.42 Å². The molecule has 3 rings (SSSR count). The van der Waals surface area contributed by atoms with Crippen molar-refractivity contribution in [2.75, 3.05) is 6.54 Å². The molecular formula is C13H14ClN3O2S. The summed E-state index contributed by atoms with van der Waals surface area (Å²) in [4.78, 5) is 0.200. The molecule has 5 nitrogen and oxygen atoms in total. The highest BCUT2D eigenvalue weighted by Crippen LogP contribution is 2.36. The van der Waals surface area contributed by atoms with Gasteiger partial charge in [-0.1, -0.05) is 23.7 Å². The Bertz CT molecular complexity index is 700. The van der Waals surface area contributed by atoms with Crippen molar-refractivity contribution in [3.05, 3.63) is 47.2 Å². The van der Waals surface area contributed by atoms with Crippen LogP contribution >= 0.6 is 11.6 Å². The lowest BCUT2D eigenvalue weighted by Gasteiger charge is -2.23. The Kier molecular flexibility index (Phi) is 3.54. The standard InChI is InChI=1S/C13H14ClN3O2S/c14-11-4-1-3-10(7-11)13-5-2-6-17(13)20(18,19)12-8-15-16-9-12/h1,3-4,7-9,13H,2,5-6H2,(H,15,16). The molecule has 1 saturated heterocycles. The summed E-state index contributed by atoms with van der Waals surface area (Å²) < 4.78 is 26.7. The predicted octanol–water partition coefficient (Wildman–Crippen LogP) is 2.59. The second-order valence-corrected chi connectivity index (χ2v) is 7.09. The maximum absolute atomic E-state index is 12.6. The van der Waals surface area contributed by atoms with Crippen molar-refractivity contribution in [1.82, 2.24) is 14.5 Å². The first-order valence-corrected chi connectivity index (χ1v) is 8.17. The molecule has 1 aliphatic rings. The number of aromatic amines is 1. The van der Waals surface area contributed by atoms with Gasteiger partial charge in [0, 0.05) is 17.8 Å². The van der Waals surface area contributed by atoms with Crippen molar-refractivity contribution in [1.29, 1.82) is 0 Å². The summed E-state index contributed by atoms with van der Waals surface area (Å²) in [5, 5.41) is 6.89. The molecule has 1 N–H and O–H groups in total. The fourth-order valence-corrected chi connectivity index (χ4v) is 4.38. The molecule has 7 heteroatoms. The minimum atomic E-state index is -3.51. The van der Waals surface area contributed by atoms with Gasteiger partial charge in [0.05, 0.1) is 12.2 Å². The second-order valence-electron chi connectivity index (χ2n) is 4.76. The summed E-state index contributed by atoms with van der Waals surface area (Å²) in [6.45, 7) is 0.519. The molecule has 2 aromatic rings. The number of rotatable bonds is 3. The summed E-state index contributed by atoms with van der Waals surface area (Å²) in [5.41, 5.74) is 0.932. The van der Waals surface area contributed by atoms with Crippen LogP contribution in [0.3, 0.4) is 0 Å². The van der Waals surface area contributed by atoms with E-state index in [2.05, 4.69) is 10.2 Å². The van der Waals surface area contributed by atoms with Crippen molar-refractivity contribution in [2.45, 2.75) is 23.8 Å². The number of aromatic nitrogens is 2. The number of hydrogen-bond donors (Lipinski definition) is 1. The van der Waals surface area contributed by atoms with Crippen molar-refractivity contribution in [3.8, 4) is 0 Å². The fraction of sp³-hybridized carbons (Fsp3) is 0.308. The Labute approximate surface area is 122 Å². The minimum absolute atomic E-state index is 0.159. The van der Waals surface area contributed by atoms with E-state index in [0.29, 0.717) is 11.6 Å². The lowest BCUT2D eigenvalue weighted by molar-refractivity contribution is 0.397. The van der Waals surface area contributed by atoms with E-state index >= 15 is 0 Å². The van der Waals surface area contributed by atoms with Crippen LogP contribution in [-0.4, -0.2) is 29.5 Å². The summed E-state index contributed by atoms with van der Waals surface area (Å²) in [6, 6.07) is 7.22. The third-order valence-corrected chi connectivity index (χ3v) is 5.63. The van der Waals surface area contributed by atoms with Crippen LogP contribution < -0.4 is 0 Å². The Morgan fingerprint density at radius 1 is 1.40 bits per heavy atom. The van der Waals surface area contributed by atoms with Gasteiger partial charge in [-0.15, -0.1) is 0 Å². The van der Waals surface area contributed by atoms with E-state index in [0.717, 1.165) is 18.4 Å². The monoisotopic (exact) mass is 311 g/mol. The number of H-pyrrole nitrogens is 1. The van der Waals surface area contributed by atoms with E-state index in [1.165, 1.54) is 16.7 Å². The molecule has 106 valence electrons. The average Bonchev–Trinajstić information content (AvgIpc) is 3.11. The normalized spacial score (nSPS) is 20.4. The van der Waals surface area contributed by atoms with Crippen LogP contribution in [0.4, 0.5) is 0 Å². The largest absolute Gasteiger partial charge is 0.284 e. The van der Waals surface area contributed by atoms with Gasteiger partial charge >= 0.3 is 0 Å². The molecule has 1 aromatic heterocycles. The van der Waals surface area contributed by atoms with Crippen LogP contribution in [0.25, 0.3) is 0 Å². The van der Waals surface area contributed by atoms with Gasteiger partial charge in [-0.2, -0.15) is 9.40 Å². The van der Waals surface area contributed by atoms with Gasteiger partial charge in [0.25, 0.3) is 0 Å². The predicted molar refractivity (Wildman–Crippen MR) is 75.9 cm³/mol. The van der Waals surface area contributed by atoms with Crippen molar-refractivity contribution < 1.29 is 8.42 Å². The van der Waals surface area contributed by atoms with Gasteiger partial charge in [-0.25, -0.2) is 8.42 Å². The lowest BCUT2D eigenvalue weighted by Crippen LogP contribution is -2.30. The topological polar surface area (TPSA) is 66.1 Å². The van der Waals surface area contributed by atoms with Gasteiger partial charge in [0.1, 0.15) is 4.90 Å². The lowest BCUT2D eigenvalue weighted by atomic mass is 10.1. The first kappa shape index (κ1) is 13.6. The first-order chi connectivity index (χ1) is 9.59. The molecule has 0 amide bonds. The van der Waals surface area contributed by atoms with Crippen LogP contribution in [0.5, 0.6) is 0 Å². The van der Waals surface area contributed by atoms with Crippen LogP contribution in [0.1, 0.15) is 24.4 Å². The van der Waals surface area contributed by atoms with E-state index in [-0.39, 0.29) is 10.9 Å². The number of halogens is 1. The fourth-order valence-electron chi connectivity index (χ4n) is 2.59. The van der Waals surface area contributed by atoms with E-state index < -0.39 is 10.0 Å². The molecule has 0 aliphatic carbocycles. The zero-order chi connectivity index (χ0) is 14.2. The molecule has 1 unspecified atom stereocenters. The highest BCUT2D eigenvalue weighted by molar-refractivity contribution is 7.89. The molecule has 0 bridgehead atoms. The Balaban J connectivity index is 1.98. The van der Waals surface area contributed by atoms with E-state index in [1.54, 1.807) is 6.07 Å². The van der Waals surface area contributed by atoms with Gasteiger partial charge in [0.15, 0.2) is 0 Å². The molecule has 0 saturated carbocycles. The summed E-state index contributed by atoms with van der Waals surface area (Å²) >= 11 is 6.00. The number of sulfonamides is 1. The molecule has 0 radical (unpaired) electrons. The molecule has 1 aliphatic heterocycles. The maximum atomic E-state index is 12.6. The first-order valence-electron chi connectivity index (χ1n) is 6.35. The zero-order valence-electron chi connectivity index (χ0n) is 10.7. The van der Waals surface area contributed by atoms with Crippen LogP contribution in [0.2, 0.25) is 5.02 Å². The third-order valence-electron chi connectivity index (χ3n) is 3.52. The SMILES string of the molecule is O=S(=O)(c1cn[nH]c1)N1CCCC1c1cccc(Cl)c1. The molecule has 1 atom stereocenters. The maximum Gasteiger partial charge on any atom is 0.246 e. The van der Waals surface area contributed by atoms with E-state index in [4.69, 9.17) is 11.6 Å². The quantitative estimate of drug-likeness (QED) is 0.947. The molecule has 0 spiro atoms. The molecular weight excluding hydrogens is 298 g/mol. The number of hydrogen-bond acceptors (Lipinski definition) is 3. The zero-order valence-corrected chi connectivity index (χ0v) is 12.2. The molecule has 1 aromatic carbocycles. The molecule has 2 heterocycles. The Morgan fingerprint density at radius 2 is 2.25 bits per heavy atom. The van der Waals surface area contributed by atoms with Crippen molar-refractivity contribution in [3.63, 3.8) is 0 Å². The number of nitrogens with one attached hydrogen (secondary N) is 1. The average molecular weight is 312 g/mol. The second kappa shape index (κ2) is 5.20. The number of nitrogens with zero attached hydrogens (tertiary/aromatic N) is 2. The van der Waals surface area contributed by atoms with Crippen LogP contribution in [0.15, 0.2) is 41.6 Å². The van der Waals surface area contributed by atoms with Crippen LogP contribution in [-0.2, 0) is 10.0 Å². The van der Waals surface area contributed by atoms with Crippen LogP contribution in [0, 0.1) is 0 Å². The summed E-state index contributed by atoms with van der Waals surface area (Å²) in [5.74, 6) is 0. The van der Waals surface area contributed by atoms with Crippen molar-refractivity contribution >= 4 is 21.6 Å². The molecule has 1 fully saturated rings. The summed E-state index contributed by atoms with van der Waals surface area (Å²) in [7, 11) is -3.51. The summed E-state index contributed by atoms with van der Waals surface area (Å²) in [6.07, 6.45) is 4.39. The highest BCUT2D eigenvalue weighted by atomic mass is 35.5. The Hall–Kier alpha value is -1.37. The minimum Gasteiger partial charge on any atom is -0.284 e. The molecule has 20 heavy (non-hydrogen) atoms. The van der Waals surface area contributed by atoms with E-state index in [1.807, 2.05) is 18.2 Å². The highest BCUT2D eigenvalue weighted by Gasteiger charge is 2.36. The van der Waals surface area contributed by atoms with Crippen molar-refractivity contribution in [2.24, 2.45) is 0 Å².